The minimum atomic E-state index is -0.155. The number of rotatable bonds is 9. The minimum absolute atomic E-state index is 0.0418. The summed E-state index contributed by atoms with van der Waals surface area (Å²) in [5, 5.41) is 0. The molecule has 0 radical (unpaired) electrons. The van der Waals surface area contributed by atoms with E-state index in [-0.39, 0.29) is 18.2 Å². The number of methoxy groups -OCH3 is 1. The SMILES string of the molecule is COC(=O)CCCC=Cc1ccccc1[C@@H](C)OC[C@H]1CO1. The summed E-state index contributed by atoms with van der Waals surface area (Å²) in [6.45, 7) is 3.53. The highest BCUT2D eigenvalue weighted by Crippen LogP contribution is 2.24. The van der Waals surface area contributed by atoms with Crippen molar-refractivity contribution in [3.63, 3.8) is 0 Å². The third-order valence-electron chi connectivity index (χ3n) is 3.65. The number of ether oxygens (including phenoxy) is 3. The van der Waals surface area contributed by atoms with Crippen LogP contribution < -0.4 is 0 Å². The largest absolute Gasteiger partial charge is 0.469 e. The molecule has 0 N–H and O–H groups in total. The molecule has 0 spiro atoms. The van der Waals surface area contributed by atoms with Gasteiger partial charge >= 0.3 is 5.97 Å². The van der Waals surface area contributed by atoms with Crippen LogP contribution in [0.4, 0.5) is 0 Å². The van der Waals surface area contributed by atoms with Gasteiger partial charge in [0.15, 0.2) is 0 Å². The lowest BCUT2D eigenvalue weighted by Crippen LogP contribution is -2.07. The fraction of sp³-hybridized carbons (Fsp3) is 0.500. The standard InChI is InChI=1S/C18H24O4/c1-14(21-12-16-13-22-16)17-10-7-6-9-15(17)8-4-3-5-11-18(19)20-2/h4,6-10,14,16H,3,5,11-13H2,1-2H3/t14-,16+/m1/s1. The van der Waals surface area contributed by atoms with Crippen molar-refractivity contribution in [1.82, 2.24) is 0 Å². The molecule has 0 aromatic heterocycles. The number of carbonyl (C=O) groups is 1. The van der Waals surface area contributed by atoms with Gasteiger partial charge in [0.05, 0.1) is 26.4 Å². The molecule has 1 aromatic carbocycles. The van der Waals surface area contributed by atoms with E-state index in [0.717, 1.165) is 25.0 Å². The average molecular weight is 304 g/mol. The molecular weight excluding hydrogens is 280 g/mol. The predicted molar refractivity (Wildman–Crippen MR) is 85.5 cm³/mol. The Labute approximate surface area is 132 Å². The van der Waals surface area contributed by atoms with Gasteiger partial charge < -0.3 is 14.2 Å². The lowest BCUT2D eigenvalue weighted by atomic mass is 10.0. The summed E-state index contributed by atoms with van der Waals surface area (Å²) >= 11 is 0. The zero-order valence-electron chi connectivity index (χ0n) is 13.3. The Balaban J connectivity index is 1.85. The molecule has 0 saturated carbocycles. The van der Waals surface area contributed by atoms with Gasteiger partial charge in [-0.1, -0.05) is 36.4 Å². The van der Waals surface area contributed by atoms with Crippen molar-refractivity contribution in [2.45, 2.75) is 38.4 Å². The van der Waals surface area contributed by atoms with Crippen LogP contribution in [-0.4, -0.2) is 32.4 Å². The van der Waals surface area contributed by atoms with Crippen LogP contribution in [0.2, 0.25) is 0 Å². The minimum Gasteiger partial charge on any atom is -0.469 e. The summed E-state index contributed by atoms with van der Waals surface area (Å²) in [5.74, 6) is -0.155. The molecule has 0 amide bonds. The van der Waals surface area contributed by atoms with E-state index < -0.39 is 0 Å². The van der Waals surface area contributed by atoms with Gasteiger partial charge in [-0.3, -0.25) is 4.79 Å². The molecule has 2 rings (SSSR count). The molecular formula is C18H24O4. The lowest BCUT2D eigenvalue weighted by molar-refractivity contribution is -0.140. The summed E-state index contributed by atoms with van der Waals surface area (Å²) in [6, 6.07) is 8.22. The maximum absolute atomic E-state index is 11.0. The van der Waals surface area contributed by atoms with Gasteiger partial charge in [-0.05, 0) is 30.9 Å². The molecule has 1 fully saturated rings. The number of unbranched alkanes of at least 4 members (excludes halogenated alkanes) is 1. The number of benzene rings is 1. The van der Waals surface area contributed by atoms with Crippen LogP contribution in [0.15, 0.2) is 30.3 Å². The van der Waals surface area contributed by atoms with Crippen LogP contribution in [0.1, 0.15) is 43.4 Å². The van der Waals surface area contributed by atoms with Crippen LogP contribution in [0.5, 0.6) is 0 Å². The van der Waals surface area contributed by atoms with Crippen molar-refractivity contribution in [3.05, 3.63) is 41.5 Å². The van der Waals surface area contributed by atoms with Crippen molar-refractivity contribution < 1.29 is 19.0 Å². The smallest absolute Gasteiger partial charge is 0.305 e. The van der Waals surface area contributed by atoms with Gasteiger partial charge in [0, 0.05) is 6.42 Å². The molecule has 1 saturated heterocycles. The molecule has 1 aliphatic heterocycles. The zero-order chi connectivity index (χ0) is 15.8. The number of hydrogen-bond donors (Lipinski definition) is 0. The van der Waals surface area contributed by atoms with Gasteiger partial charge in [-0.25, -0.2) is 0 Å². The molecule has 0 unspecified atom stereocenters. The molecule has 1 aromatic rings. The second kappa shape index (κ2) is 8.71. The third-order valence-corrected chi connectivity index (χ3v) is 3.65. The quantitative estimate of drug-likeness (QED) is 0.398. The summed E-state index contributed by atoms with van der Waals surface area (Å²) in [5.41, 5.74) is 2.33. The predicted octanol–water partition coefficient (Wildman–Crippen LogP) is 3.52. The Morgan fingerprint density at radius 1 is 1.45 bits per heavy atom. The molecule has 22 heavy (non-hydrogen) atoms. The Morgan fingerprint density at radius 2 is 2.23 bits per heavy atom. The normalized spacial score (nSPS) is 18.4. The van der Waals surface area contributed by atoms with E-state index in [1.807, 2.05) is 12.1 Å². The molecule has 4 heteroatoms. The van der Waals surface area contributed by atoms with Crippen molar-refractivity contribution >= 4 is 12.0 Å². The van der Waals surface area contributed by atoms with Gasteiger partial charge in [0.25, 0.3) is 0 Å². The van der Waals surface area contributed by atoms with Crippen LogP contribution in [0.3, 0.4) is 0 Å². The highest BCUT2D eigenvalue weighted by atomic mass is 16.6. The van der Waals surface area contributed by atoms with Crippen molar-refractivity contribution in [3.8, 4) is 0 Å². The van der Waals surface area contributed by atoms with E-state index in [2.05, 4.69) is 35.9 Å². The number of hydrogen-bond acceptors (Lipinski definition) is 4. The Morgan fingerprint density at radius 3 is 2.95 bits per heavy atom. The molecule has 4 nitrogen and oxygen atoms in total. The molecule has 0 bridgehead atoms. The van der Waals surface area contributed by atoms with E-state index >= 15 is 0 Å². The van der Waals surface area contributed by atoms with E-state index in [1.54, 1.807) is 0 Å². The summed E-state index contributed by atoms with van der Waals surface area (Å²) in [4.78, 5) is 11.0. The molecule has 2 atom stereocenters. The fourth-order valence-electron chi connectivity index (χ4n) is 2.22. The Hall–Kier alpha value is -1.65. The van der Waals surface area contributed by atoms with E-state index in [4.69, 9.17) is 9.47 Å². The topological polar surface area (TPSA) is 48.1 Å². The highest BCUT2D eigenvalue weighted by molar-refractivity contribution is 5.69. The summed E-state index contributed by atoms with van der Waals surface area (Å²) in [6.07, 6.45) is 6.64. The first-order chi connectivity index (χ1) is 10.7. The van der Waals surface area contributed by atoms with Crippen LogP contribution in [0.25, 0.3) is 6.08 Å². The third kappa shape index (κ3) is 5.62. The molecule has 1 aliphatic rings. The lowest BCUT2D eigenvalue weighted by Gasteiger charge is -2.15. The van der Waals surface area contributed by atoms with Crippen molar-refractivity contribution in [2.24, 2.45) is 0 Å². The molecule has 1 heterocycles. The van der Waals surface area contributed by atoms with Crippen molar-refractivity contribution in [2.75, 3.05) is 20.3 Å². The van der Waals surface area contributed by atoms with Gasteiger partial charge in [0.1, 0.15) is 6.10 Å². The van der Waals surface area contributed by atoms with Crippen LogP contribution in [0, 0.1) is 0 Å². The number of epoxide rings is 1. The van der Waals surface area contributed by atoms with E-state index in [9.17, 15) is 4.79 Å². The fourth-order valence-corrected chi connectivity index (χ4v) is 2.22. The Bertz CT molecular complexity index is 506. The first-order valence-corrected chi connectivity index (χ1v) is 7.76. The second-order valence-electron chi connectivity index (χ2n) is 5.43. The zero-order valence-corrected chi connectivity index (χ0v) is 13.3. The van der Waals surface area contributed by atoms with Gasteiger partial charge in [-0.15, -0.1) is 0 Å². The van der Waals surface area contributed by atoms with Crippen molar-refractivity contribution in [1.29, 1.82) is 0 Å². The van der Waals surface area contributed by atoms with Crippen LogP contribution in [-0.2, 0) is 19.0 Å². The van der Waals surface area contributed by atoms with Crippen LogP contribution >= 0.6 is 0 Å². The van der Waals surface area contributed by atoms with Gasteiger partial charge in [-0.2, -0.15) is 0 Å². The summed E-state index contributed by atoms with van der Waals surface area (Å²) < 4.78 is 15.6. The maximum Gasteiger partial charge on any atom is 0.305 e. The number of esters is 1. The second-order valence-corrected chi connectivity index (χ2v) is 5.43. The summed E-state index contributed by atoms with van der Waals surface area (Å²) in [7, 11) is 1.42. The van der Waals surface area contributed by atoms with E-state index in [0.29, 0.717) is 13.0 Å². The average Bonchev–Trinajstić information content (AvgIpc) is 3.36. The molecule has 120 valence electrons. The first-order valence-electron chi connectivity index (χ1n) is 7.76. The first kappa shape index (κ1) is 16.7. The van der Waals surface area contributed by atoms with E-state index in [1.165, 1.54) is 12.7 Å². The maximum atomic E-state index is 11.0. The number of carbonyl (C=O) groups excluding carboxylic acids is 1. The highest BCUT2D eigenvalue weighted by Gasteiger charge is 2.23. The number of allylic oxidation sites excluding steroid dienone is 1. The monoisotopic (exact) mass is 304 g/mol. The molecule has 0 aliphatic carbocycles. The Kier molecular flexibility index (Phi) is 6.62. The van der Waals surface area contributed by atoms with Gasteiger partial charge in [0.2, 0.25) is 0 Å².